The average molecular weight is 321 g/mol. The molecule has 0 aromatic heterocycles. The highest BCUT2D eigenvalue weighted by Gasteiger charge is 2.20. The van der Waals surface area contributed by atoms with Crippen LogP contribution in [0.25, 0.3) is 0 Å². The van der Waals surface area contributed by atoms with Crippen molar-refractivity contribution in [3.8, 4) is 0 Å². The zero-order valence-electron chi connectivity index (χ0n) is 14.6. The van der Waals surface area contributed by atoms with Gasteiger partial charge in [0.2, 0.25) is 0 Å². The minimum absolute atomic E-state index is 0.0196. The molecule has 1 rings (SSSR count). The minimum Gasteiger partial charge on any atom is -0.469 e. The van der Waals surface area contributed by atoms with Crippen molar-refractivity contribution in [2.45, 2.75) is 45.6 Å². The molecule has 1 unspecified atom stereocenters. The predicted molar refractivity (Wildman–Crippen MR) is 89.4 cm³/mol. The molecule has 0 radical (unpaired) electrons. The molecule has 1 amide bonds. The number of amides is 1. The van der Waals surface area contributed by atoms with Crippen LogP contribution in [-0.4, -0.2) is 48.2 Å². The van der Waals surface area contributed by atoms with E-state index >= 15 is 0 Å². The van der Waals surface area contributed by atoms with Crippen molar-refractivity contribution < 1.29 is 19.4 Å². The van der Waals surface area contributed by atoms with Gasteiger partial charge in [-0.1, -0.05) is 32.9 Å². The molecule has 0 aliphatic heterocycles. The number of nitrogens with zero attached hydrogens (tertiary/aromatic N) is 1. The van der Waals surface area contributed by atoms with Crippen LogP contribution < -0.4 is 0 Å². The predicted octanol–water partition coefficient (Wildman–Crippen LogP) is 2.37. The molecule has 0 spiro atoms. The van der Waals surface area contributed by atoms with Crippen LogP contribution in [0.5, 0.6) is 0 Å². The maximum atomic E-state index is 12.6. The summed E-state index contributed by atoms with van der Waals surface area (Å²) < 4.78 is 4.60. The maximum Gasteiger partial charge on any atom is 0.307 e. The molecular weight excluding hydrogens is 294 g/mol. The molecule has 23 heavy (non-hydrogen) atoms. The summed E-state index contributed by atoms with van der Waals surface area (Å²) in [6, 6.07) is 7.45. The van der Waals surface area contributed by atoms with Gasteiger partial charge in [-0.05, 0) is 30.0 Å². The molecule has 0 fully saturated rings. The van der Waals surface area contributed by atoms with Crippen LogP contribution in [-0.2, 0) is 14.9 Å². The van der Waals surface area contributed by atoms with Crippen molar-refractivity contribution in [1.29, 1.82) is 0 Å². The van der Waals surface area contributed by atoms with E-state index in [4.69, 9.17) is 0 Å². The first-order valence-electron chi connectivity index (χ1n) is 7.80. The largest absolute Gasteiger partial charge is 0.469 e. The van der Waals surface area contributed by atoms with Crippen molar-refractivity contribution >= 4 is 11.9 Å². The molecule has 1 N–H and O–H groups in total. The first-order chi connectivity index (χ1) is 10.6. The Bertz CT molecular complexity index is 529. The third-order valence-electron chi connectivity index (χ3n) is 3.58. The Balaban J connectivity index is 2.88. The van der Waals surface area contributed by atoms with Gasteiger partial charge in [0.05, 0.1) is 19.6 Å². The normalized spacial score (nSPS) is 12.6. The van der Waals surface area contributed by atoms with Crippen molar-refractivity contribution in [3.63, 3.8) is 0 Å². The van der Waals surface area contributed by atoms with Gasteiger partial charge in [0.25, 0.3) is 5.91 Å². The van der Waals surface area contributed by atoms with Crippen LogP contribution in [0.4, 0.5) is 0 Å². The molecule has 0 heterocycles. The fraction of sp³-hybridized carbons (Fsp3) is 0.556. The number of esters is 1. The molecule has 0 aliphatic rings. The maximum absolute atomic E-state index is 12.6. The molecule has 1 aromatic rings. The lowest BCUT2D eigenvalue weighted by atomic mass is 9.86. The van der Waals surface area contributed by atoms with Crippen LogP contribution in [0, 0.1) is 0 Å². The van der Waals surface area contributed by atoms with E-state index in [1.54, 1.807) is 19.1 Å². The molecule has 0 saturated carbocycles. The van der Waals surface area contributed by atoms with Gasteiger partial charge in [-0.3, -0.25) is 9.59 Å². The number of benzene rings is 1. The van der Waals surface area contributed by atoms with Crippen molar-refractivity contribution in [2.24, 2.45) is 0 Å². The summed E-state index contributed by atoms with van der Waals surface area (Å²) in [6.45, 7) is 8.34. The Morgan fingerprint density at radius 1 is 1.22 bits per heavy atom. The topological polar surface area (TPSA) is 66.8 Å². The summed E-state index contributed by atoms with van der Waals surface area (Å²) in [4.78, 5) is 25.4. The minimum atomic E-state index is -0.662. The number of hydrogen-bond acceptors (Lipinski definition) is 4. The number of carbonyl (C=O) groups excluding carboxylic acids is 2. The molecule has 0 saturated heterocycles. The summed E-state index contributed by atoms with van der Waals surface area (Å²) in [5.41, 5.74) is 1.71. The van der Waals surface area contributed by atoms with Gasteiger partial charge in [0.1, 0.15) is 0 Å². The summed E-state index contributed by atoms with van der Waals surface area (Å²) in [5.74, 6) is -0.577. The van der Waals surface area contributed by atoms with Gasteiger partial charge in [-0.2, -0.15) is 0 Å². The number of ether oxygens (including phenoxy) is 1. The number of methoxy groups -OCH3 is 1. The number of aliphatic hydroxyl groups excluding tert-OH is 1. The third kappa shape index (κ3) is 6.02. The number of rotatable bonds is 6. The second kappa shape index (κ2) is 8.11. The van der Waals surface area contributed by atoms with Gasteiger partial charge in [0, 0.05) is 18.7 Å². The van der Waals surface area contributed by atoms with Gasteiger partial charge in [-0.15, -0.1) is 0 Å². The summed E-state index contributed by atoms with van der Waals surface area (Å²) in [6.07, 6.45) is -0.555. The molecule has 0 bridgehead atoms. The summed E-state index contributed by atoms with van der Waals surface area (Å²) in [7, 11) is 1.31. The molecule has 128 valence electrons. The van der Waals surface area contributed by atoms with Crippen LogP contribution in [0.1, 0.15) is 50.0 Å². The number of hydrogen-bond donors (Lipinski definition) is 1. The molecule has 5 heteroatoms. The van der Waals surface area contributed by atoms with Crippen molar-refractivity contribution in [3.05, 3.63) is 35.4 Å². The fourth-order valence-corrected chi connectivity index (χ4v) is 2.22. The lowest BCUT2D eigenvalue weighted by Crippen LogP contribution is -2.38. The lowest BCUT2D eigenvalue weighted by molar-refractivity contribution is -0.140. The SMILES string of the molecule is COC(=O)CCN(CC(C)O)C(=O)c1ccc(C(C)(C)C)cc1. The zero-order chi connectivity index (χ0) is 17.6. The highest BCUT2D eigenvalue weighted by atomic mass is 16.5. The van der Waals surface area contributed by atoms with E-state index in [2.05, 4.69) is 25.5 Å². The van der Waals surface area contributed by atoms with Crippen molar-refractivity contribution in [2.75, 3.05) is 20.2 Å². The highest BCUT2D eigenvalue weighted by molar-refractivity contribution is 5.94. The molecular formula is C18H27NO4. The van der Waals surface area contributed by atoms with E-state index in [-0.39, 0.29) is 36.8 Å². The van der Waals surface area contributed by atoms with E-state index in [9.17, 15) is 14.7 Å². The molecule has 1 atom stereocenters. The monoisotopic (exact) mass is 321 g/mol. The molecule has 5 nitrogen and oxygen atoms in total. The second-order valence-electron chi connectivity index (χ2n) is 6.75. The summed E-state index contributed by atoms with van der Waals surface area (Å²) >= 11 is 0. The Labute approximate surface area is 138 Å². The average Bonchev–Trinajstić information content (AvgIpc) is 2.49. The Kier molecular flexibility index (Phi) is 6.76. The first kappa shape index (κ1) is 19.2. The smallest absolute Gasteiger partial charge is 0.307 e. The Morgan fingerprint density at radius 3 is 2.22 bits per heavy atom. The lowest BCUT2D eigenvalue weighted by Gasteiger charge is -2.24. The van der Waals surface area contributed by atoms with Crippen LogP contribution in [0.3, 0.4) is 0 Å². The van der Waals surface area contributed by atoms with E-state index in [0.717, 1.165) is 5.56 Å². The van der Waals surface area contributed by atoms with Crippen LogP contribution >= 0.6 is 0 Å². The molecule has 0 aliphatic carbocycles. The second-order valence-corrected chi connectivity index (χ2v) is 6.75. The fourth-order valence-electron chi connectivity index (χ4n) is 2.22. The number of carbonyl (C=O) groups is 2. The molecule has 1 aromatic carbocycles. The van der Waals surface area contributed by atoms with Crippen LogP contribution in [0.2, 0.25) is 0 Å². The first-order valence-corrected chi connectivity index (χ1v) is 7.80. The Morgan fingerprint density at radius 2 is 1.78 bits per heavy atom. The van der Waals surface area contributed by atoms with Crippen molar-refractivity contribution in [1.82, 2.24) is 4.90 Å². The summed E-state index contributed by atoms with van der Waals surface area (Å²) in [5, 5.41) is 9.58. The van der Waals surface area contributed by atoms with E-state index < -0.39 is 6.10 Å². The number of aliphatic hydroxyl groups is 1. The standard InChI is InChI=1S/C18H27NO4/c1-13(20)12-19(11-10-16(21)23-5)17(22)14-6-8-15(9-7-14)18(2,3)4/h6-9,13,20H,10-12H2,1-5H3. The zero-order valence-corrected chi connectivity index (χ0v) is 14.6. The van der Waals surface area contributed by atoms with Gasteiger partial charge < -0.3 is 14.7 Å². The van der Waals surface area contributed by atoms with E-state index in [1.165, 1.54) is 12.0 Å². The van der Waals surface area contributed by atoms with Gasteiger partial charge in [-0.25, -0.2) is 0 Å². The van der Waals surface area contributed by atoms with E-state index in [0.29, 0.717) is 5.56 Å². The van der Waals surface area contributed by atoms with Gasteiger partial charge in [0.15, 0.2) is 0 Å². The highest BCUT2D eigenvalue weighted by Crippen LogP contribution is 2.22. The van der Waals surface area contributed by atoms with E-state index in [1.807, 2.05) is 12.1 Å². The van der Waals surface area contributed by atoms with Gasteiger partial charge >= 0.3 is 5.97 Å². The third-order valence-corrected chi connectivity index (χ3v) is 3.58. The Hall–Kier alpha value is -1.88. The quantitative estimate of drug-likeness (QED) is 0.817. The van der Waals surface area contributed by atoms with Crippen LogP contribution in [0.15, 0.2) is 24.3 Å².